The van der Waals surface area contributed by atoms with Crippen LogP contribution in [0, 0.1) is 5.82 Å². The molecule has 0 spiro atoms. The largest absolute Gasteiger partial charge is 0.493 e. The van der Waals surface area contributed by atoms with Crippen molar-refractivity contribution >= 4 is 47.2 Å². The van der Waals surface area contributed by atoms with Gasteiger partial charge in [0.25, 0.3) is 5.91 Å². The summed E-state index contributed by atoms with van der Waals surface area (Å²) in [6.07, 6.45) is 1.43. The molecule has 6 nitrogen and oxygen atoms in total. The number of carbonyl (C=O) groups is 1. The molecule has 3 aromatic carbocycles. The van der Waals surface area contributed by atoms with Crippen molar-refractivity contribution in [3.05, 3.63) is 88.2 Å². The molecule has 0 unspecified atom stereocenters. The number of nitrogens with zero attached hydrogens (tertiary/aromatic N) is 1. The van der Waals surface area contributed by atoms with Crippen molar-refractivity contribution in [3.8, 4) is 17.2 Å². The third kappa shape index (κ3) is 7.09. The van der Waals surface area contributed by atoms with Crippen molar-refractivity contribution < 1.29 is 23.4 Å². The number of benzene rings is 3. The zero-order valence-corrected chi connectivity index (χ0v) is 21.8. The molecule has 1 fully saturated rings. The van der Waals surface area contributed by atoms with Crippen LogP contribution < -0.4 is 19.6 Å². The predicted octanol–water partition coefficient (Wildman–Crippen LogP) is 6.07. The van der Waals surface area contributed by atoms with E-state index >= 15 is 0 Å². The molecule has 4 rings (SSSR count). The van der Waals surface area contributed by atoms with Gasteiger partial charge in [-0.15, -0.1) is 23.5 Å². The van der Waals surface area contributed by atoms with Crippen LogP contribution in [0.4, 0.5) is 4.39 Å². The molecule has 0 radical (unpaired) electrons. The van der Waals surface area contributed by atoms with Gasteiger partial charge in [0.15, 0.2) is 18.1 Å². The van der Waals surface area contributed by atoms with Gasteiger partial charge in [0.2, 0.25) is 0 Å². The molecule has 3 aromatic rings. The highest BCUT2D eigenvalue weighted by Gasteiger charge is 2.18. The van der Waals surface area contributed by atoms with Crippen LogP contribution in [0.15, 0.2) is 65.8 Å². The lowest BCUT2D eigenvalue weighted by atomic mass is 10.2. The molecule has 1 saturated heterocycles. The minimum Gasteiger partial charge on any atom is -0.493 e. The number of carbonyl (C=O) groups excluding carboxylic acids is 1. The van der Waals surface area contributed by atoms with Crippen LogP contribution in [-0.4, -0.2) is 37.3 Å². The van der Waals surface area contributed by atoms with E-state index in [2.05, 4.69) is 10.5 Å². The molecule has 10 heteroatoms. The number of hydrogen-bond donors (Lipinski definition) is 1. The lowest BCUT2D eigenvalue weighted by molar-refractivity contribution is -0.123. The molecular weight excluding hydrogens is 523 g/mol. The van der Waals surface area contributed by atoms with Crippen molar-refractivity contribution in [2.45, 2.75) is 11.2 Å². The van der Waals surface area contributed by atoms with Crippen molar-refractivity contribution in [2.75, 3.05) is 25.2 Å². The maximum Gasteiger partial charge on any atom is 0.277 e. The number of hydrogen-bond acceptors (Lipinski definition) is 7. The summed E-state index contributed by atoms with van der Waals surface area (Å²) in [6, 6.07) is 17.4. The van der Waals surface area contributed by atoms with E-state index in [0.717, 1.165) is 0 Å². The lowest BCUT2D eigenvalue weighted by Crippen LogP contribution is -2.24. The Morgan fingerprint density at radius 3 is 2.61 bits per heavy atom. The van der Waals surface area contributed by atoms with Gasteiger partial charge in [-0.25, -0.2) is 9.82 Å². The second-order valence-corrected chi connectivity index (χ2v) is 10.8. The molecule has 1 aliphatic heterocycles. The number of ether oxygens (including phenoxy) is 3. The molecule has 1 heterocycles. The summed E-state index contributed by atoms with van der Waals surface area (Å²) in [7, 11) is 1.47. The highest BCUT2D eigenvalue weighted by Crippen LogP contribution is 2.45. The Balaban J connectivity index is 1.29. The van der Waals surface area contributed by atoms with Gasteiger partial charge in [0, 0.05) is 17.1 Å². The molecule has 0 saturated carbocycles. The highest BCUT2D eigenvalue weighted by atomic mass is 35.5. The summed E-state index contributed by atoms with van der Waals surface area (Å²) in [5.41, 5.74) is 4.65. The van der Waals surface area contributed by atoms with E-state index in [1.807, 2.05) is 47.8 Å². The van der Waals surface area contributed by atoms with E-state index in [4.69, 9.17) is 25.8 Å². The molecular formula is C26H24ClFN2O4S2. The van der Waals surface area contributed by atoms with E-state index in [9.17, 15) is 9.18 Å². The summed E-state index contributed by atoms with van der Waals surface area (Å²) in [4.78, 5) is 12.1. The van der Waals surface area contributed by atoms with E-state index < -0.39 is 5.91 Å². The van der Waals surface area contributed by atoms with E-state index in [-0.39, 0.29) is 29.8 Å². The Kier molecular flexibility index (Phi) is 9.38. The molecule has 36 heavy (non-hydrogen) atoms. The number of hydrazone groups is 1. The minimum absolute atomic E-state index is 0.00647. The van der Waals surface area contributed by atoms with Crippen molar-refractivity contribution in [2.24, 2.45) is 5.10 Å². The zero-order valence-electron chi connectivity index (χ0n) is 19.4. The van der Waals surface area contributed by atoms with Crippen molar-refractivity contribution in [1.82, 2.24) is 5.43 Å². The number of halogens is 2. The summed E-state index contributed by atoms with van der Waals surface area (Å²) >= 11 is 10.2. The first kappa shape index (κ1) is 26.2. The number of rotatable bonds is 10. The molecule has 0 atom stereocenters. The fourth-order valence-corrected chi connectivity index (χ4v) is 6.48. The second kappa shape index (κ2) is 12.9. The third-order valence-electron chi connectivity index (χ3n) is 5.13. The standard InChI is InChI=1S/C26H24ClFN2O4S2/c1-32-23-13-17(12-21(27)25(23)34-15-19-4-2-3-5-22(19)28)14-29-30-24(31)16-33-20-8-6-18(7-9-20)26-35-10-11-36-26/h2-9,12-14,26H,10-11,15-16H2,1H3,(H,30,31)/b29-14-. The second-order valence-electron chi connectivity index (χ2n) is 7.64. The summed E-state index contributed by atoms with van der Waals surface area (Å²) < 4.78 is 30.9. The van der Waals surface area contributed by atoms with Crippen LogP contribution >= 0.6 is 35.1 Å². The number of amides is 1. The van der Waals surface area contributed by atoms with Crippen LogP contribution in [0.2, 0.25) is 5.02 Å². The van der Waals surface area contributed by atoms with E-state index in [1.165, 1.54) is 36.5 Å². The van der Waals surface area contributed by atoms with Gasteiger partial charge in [-0.3, -0.25) is 4.79 Å². The van der Waals surface area contributed by atoms with Crippen LogP contribution in [0.3, 0.4) is 0 Å². The first-order valence-electron chi connectivity index (χ1n) is 11.0. The topological polar surface area (TPSA) is 69.2 Å². The zero-order chi connectivity index (χ0) is 25.3. The van der Waals surface area contributed by atoms with Crippen LogP contribution in [0.1, 0.15) is 21.3 Å². The van der Waals surface area contributed by atoms with Crippen molar-refractivity contribution in [3.63, 3.8) is 0 Å². The number of thioether (sulfide) groups is 2. The quantitative estimate of drug-likeness (QED) is 0.246. The normalized spacial score (nSPS) is 13.6. The van der Waals surface area contributed by atoms with Gasteiger partial charge < -0.3 is 14.2 Å². The molecule has 1 N–H and O–H groups in total. The Bertz CT molecular complexity index is 1220. The Morgan fingerprint density at radius 1 is 1.14 bits per heavy atom. The summed E-state index contributed by atoms with van der Waals surface area (Å²) in [5, 5.41) is 4.22. The minimum atomic E-state index is -0.403. The number of nitrogens with one attached hydrogen (secondary N) is 1. The predicted molar refractivity (Wildman–Crippen MR) is 144 cm³/mol. The SMILES string of the molecule is COc1cc(/C=N\NC(=O)COc2ccc(C3SCCS3)cc2)cc(Cl)c1OCc1ccccc1F. The third-order valence-corrected chi connectivity index (χ3v) is 8.51. The molecule has 0 aliphatic carbocycles. The fourth-order valence-electron chi connectivity index (χ4n) is 3.35. The summed E-state index contributed by atoms with van der Waals surface area (Å²) in [6.45, 7) is -0.177. The van der Waals surface area contributed by atoms with Crippen LogP contribution in [-0.2, 0) is 11.4 Å². The van der Waals surface area contributed by atoms with E-state index in [0.29, 0.717) is 27.2 Å². The first-order valence-corrected chi connectivity index (χ1v) is 13.5. The molecule has 188 valence electrons. The lowest BCUT2D eigenvalue weighted by Gasteiger charge is -2.13. The van der Waals surface area contributed by atoms with Crippen LogP contribution in [0.25, 0.3) is 0 Å². The van der Waals surface area contributed by atoms with Crippen molar-refractivity contribution in [1.29, 1.82) is 0 Å². The highest BCUT2D eigenvalue weighted by molar-refractivity contribution is 8.19. The average molecular weight is 547 g/mol. The molecule has 0 aromatic heterocycles. The van der Waals surface area contributed by atoms with Crippen LogP contribution in [0.5, 0.6) is 17.2 Å². The van der Waals surface area contributed by atoms with Gasteiger partial charge in [-0.2, -0.15) is 5.10 Å². The Morgan fingerprint density at radius 2 is 1.89 bits per heavy atom. The Hall–Kier alpha value is -2.88. The monoisotopic (exact) mass is 546 g/mol. The number of methoxy groups -OCH3 is 1. The Labute approximate surface area is 222 Å². The smallest absolute Gasteiger partial charge is 0.277 e. The van der Waals surface area contributed by atoms with E-state index in [1.54, 1.807) is 30.3 Å². The van der Waals surface area contributed by atoms with Gasteiger partial charge in [0.1, 0.15) is 18.2 Å². The maximum atomic E-state index is 13.9. The average Bonchev–Trinajstić information content (AvgIpc) is 3.43. The van der Waals surface area contributed by atoms with Gasteiger partial charge in [-0.1, -0.05) is 41.9 Å². The molecule has 1 amide bonds. The first-order chi connectivity index (χ1) is 17.5. The molecule has 0 bridgehead atoms. The molecule has 1 aliphatic rings. The van der Waals surface area contributed by atoms with Gasteiger partial charge in [0.05, 0.1) is 22.9 Å². The summed E-state index contributed by atoms with van der Waals surface area (Å²) in [5.74, 6) is 2.83. The van der Waals surface area contributed by atoms with Gasteiger partial charge in [-0.05, 0) is 41.5 Å². The van der Waals surface area contributed by atoms with Gasteiger partial charge >= 0.3 is 0 Å². The fraction of sp³-hybridized carbons (Fsp3) is 0.231. The maximum absolute atomic E-state index is 13.9.